The van der Waals surface area contributed by atoms with Crippen LogP contribution in [0, 0.1) is 5.92 Å². The Bertz CT molecular complexity index is 815. The minimum Gasteiger partial charge on any atom is -0.320 e. The number of aromatic nitrogens is 4. The van der Waals surface area contributed by atoms with Gasteiger partial charge in [-0.3, -0.25) is 0 Å². The Labute approximate surface area is 151 Å². The highest BCUT2D eigenvalue weighted by molar-refractivity contribution is 6.32. The highest BCUT2D eigenvalue weighted by Gasteiger charge is 2.32. The number of hydrogen-bond acceptors (Lipinski definition) is 4. The van der Waals surface area contributed by atoms with Crippen LogP contribution in [-0.2, 0) is 0 Å². The first-order chi connectivity index (χ1) is 12.0. The summed E-state index contributed by atoms with van der Waals surface area (Å²) in [7, 11) is 0. The molecule has 0 saturated heterocycles. The molecule has 8 heteroatoms. The minimum atomic E-state index is -0.611. The van der Waals surface area contributed by atoms with E-state index in [1.54, 1.807) is 29.2 Å². The molecule has 0 N–H and O–H groups in total. The SMILES string of the molecule is CCN(C(=O)n1nnn(-c2ccccc2Cl)c1=O)C1CCCCC1C. The molecule has 1 fully saturated rings. The van der Waals surface area contributed by atoms with Crippen molar-refractivity contribution >= 4 is 17.6 Å². The molecule has 1 aromatic carbocycles. The molecular formula is C17H22ClN5O2. The first kappa shape index (κ1) is 17.7. The lowest BCUT2D eigenvalue weighted by Gasteiger charge is -2.37. The van der Waals surface area contributed by atoms with Crippen LogP contribution in [0.2, 0.25) is 5.02 Å². The maximum Gasteiger partial charge on any atom is 0.377 e. The lowest BCUT2D eigenvalue weighted by atomic mass is 9.85. The van der Waals surface area contributed by atoms with Gasteiger partial charge >= 0.3 is 11.7 Å². The van der Waals surface area contributed by atoms with Crippen LogP contribution in [0.3, 0.4) is 0 Å². The van der Waals surface area contributed by atoms with Crippen molar-refractivity contribution < 1.29 is 4.79 Å². The summed E-state index contributed by atoms with van der Waals surface area (Å²) >= 11 is 6.12. The van der Waals surface area contributed by atoms with Crippen molar-refractivity contribution in [2.75, 3.05) is 6.54 Å². The summed E-state index contributed by atoms with van der Waals surface area (Å²) in [5, 5.41) is 8.00. The van der Waals surface area contributed by atoms with E-state index in [1.165, 1.54) is 6.42 Å². The van der Waals surface area contributed by atoms with Crippen LogP contribution in [0.4, 0.5) is 4.79 Å². The van der Waals surface area contributed by atoms with Gasteiger partial charge in [-0.1, -0.05) is 43.5 Å². The van der Waals surface area contributed by atoms with Crippen molar-refractivity contribution in [2.24, 2.45) is 5.92 Å². The van der Waals surface area contributed by atoms with Gasteiger partial charge < -0.3 is 4.90 Å². The summed E-state index contributed by atoms with van der Waals surface area (Å²) in [5.74, 6) is 0.409. The maximum atomic E-state index is 12.9. The van der Waals surface area contributed by atoms with Crippen molar-refractivity contribution in [3.05, 3.63) is 39.8 Å². The van der Waals surface area contributed by atoms with E-state index in [1.807, 2.05) is 6.92 Å². The third-order valence-corrected chi connectivity index (χ3v) is 5.22. The summed E-state index contributed by atoms with van der Waals surface area (Å²) < 4.78 is 1.88. The Kier molecular flexibility index (Phi) is 5.22. The molecule has 1 amide bonds. The molecule has 7 nitrogen and oxygen atoms in total. The molecule has 0 radical (unpaired) electrons. The number of rotatable bonds is 3. The second-order valence-corrected chi connectivity index (χ2v) is 6.84. The van der Waals surface area contributed by atoms with E-state index in [0.717, 1.165) is 28.6 Å². The third kappa shape index (κ3) is 3.33. The zero-order valence-corrected chi connectivity index (χ0v) is 15.2. The number of nitrogens with zero attached hydrogens (tertiary/aromatic N) is 5. The summed E-state index contributed by atoms with van der Waals surface area (Å²) in [6.07, 6.45) is 4.33. The molecule has 25 heavy (non-hydrogen) atoms. The van der Waals surface area contributed by atoms with Crippen LogP contribution < -0.4 is 5.69 Å². The molecule has 2 aromatic rings. The molecule has 1 aliphatic carbocycles. The number of para-hydroxylation sites is 1. The van der Waals surface area contributed by atoms with Crippen molar-refractivity contribution in [3.63, 3.8) is 0 Å². The van der Waals surface area contributed by atoms with Crippen molar-refractivity contribution in [2.45, 2.75) is 45.6 Å². The maximum absolute atomic E-state index is 12.9. The Balaban J connectivity index is 1.92. The summed E-state index contributed by atoms with van der Waals surface area (Å²) in [5.41, 5.74) is -0.206. The third-order valence-electron chi connectivity index (χ3n) is 4.90. The molecule has 0 bridgehead atoms. The van der Waals surface area contributed by atoms with Crippen LogP contribution in [0.1, 0.15) is 39.5 Å². The molecule has 0 spiro atoms. The monoisotopic (exact) mass is 363 g/mol. The first-order valence-electron chi connectivity index (χ1n) is 8.65. The smallest absolute Gasteiger partial charge is 0.320 e. The number of tetrazole rings is 1. The van der Waals surface area contributed by atoms with E-state index in [0.29, 0.717) is 23.2 Å². The predicted octanol–water partition coefficient (Wildman–Crippen LogP) is 2.95. The fourth-order valence-corrected chi connectivity index (χ4v) is 3.75. The highest BCUT2D eigenvalue weighted by atomic mass is 35.5. The number of carbonyl (C=O) groups excluding carboxylic acids is 1. The molecule has 3 rings (SSSR count). The van der Waals surface area contributed by atoms with Gasteiger partial charge in [-0.25, -0.2) is 9.59 Å². The van der Waals surface area contributed by atoms with E-state index in [2.05, 4.69) is 17.4 Å². The zero-order valence-electron chi connectivity index (χ0n) is 14.4. The number of carbonyl (C=O) groups is 1. The quantitative estimate of drug-likeness (QED) is 0.786. The molecule has 1 aromatic heterocycles. The molecule has 2 atom stereocenters. The fourth-order valence-electron chi connectivity index (χ4n) is 3.53. The van der Waals surface area contributed by atoms with Gasteiger partial charge in [-0.2, -0.15) is 4.68 Å². The van der Waals surface area contributed by atoms with E-state index in [-0.39, 0.29) is 6.04 Å². The van der Waals surface area contributed by atoms with E-state index >= 15 is 0 Å². The fraction of sp³-hybridized carbons (Fsp3) is 0.529. The van der Waals surface area contributed by atoms with Crippen LogP contribution in [0.25, 0.3) is 5.69 Å². The van der Waals surface area contributed by atoms with Crippen LogP contribution in [0.15, 0.2) is 29.1 Å². The molecular weight excluding hydrogens is 342 g/mol. The van der Waals surface area contributed by atoms with Crippen LogP contribution >= 0.6 is 11.6 Å². The predicted molar refractivity (Wildman–Crippen MR) is 95.2 cm³/mol. The first-order valence-corrected chi connectivity index (χ1v) is 9.03. The van der Waals surface area contributed by atoms with Gasteiger partial charge in [0.2, 0.25) is 0 Å². The van der Waals surface area contributed by atoms with Gasteiger partial charge in [0.15, 0.2) is 0 Å². The van der Waals surface area contributed by atoms with Gasteiger partial charge in [0.1, 0.15) is 0 Å². The lowest BCUT2D eigenvalue weighted by Crippen LogP contribution is -2.49. The van der Waals surface area contributed by atoms with Gasteiger partial charge in [-0.05, 0) is 48.2 Å². The molecule has 1 heterocycles. The Morgan fingerprint density at radius 3 is 2.68 bits per heavy atom. The molecule has 0 aliphatic heterocycles. The van der Waals surface area contributed by atoms with Crippen molar-refractivity contribution in [1.82, 2.24) is 24.7 Å². The standard InChI is InChI=1S/C17H22ClN5O2/c1-3-21(14-10-6-4-8-12(14)2)16(24)23-17(25)22(19-20-23)15-11-7-5-9-13(15)18/h5,7,9,11-12,14H,3-4,6,8,10H2,1-2H3. The van der Waals surface area contributed by atoms with Gasteiger partial charge in [0, 0.05) is 12.6 Å². The number of halogens is 1. The average Bonchev–Trinajstić information content (AvgIpc) is 2.99. The minimum absolute atomic E-state index is 0.128. The van der Waals surface area contributed by atoms with E-state index in [4.69, 9.17) is 11.6 Å². The Morgan fingerprint density at radius 2 is 2.00 bits per heavy atom. The zero-order chi connectivity index (χ0) is 18.0. The van der Waals surface area contributed by atoms with Crippen LogP contribution in [0.5, 0.6) is 0 Å². The van der Waals surface area contributed by atoms with Gasteiger partial charge in [0.05, 0.1) is 10.7 Å². The summed E-state index contributed by atoms with van der Waals surface area (Å²) in [4.78, 5) is 27.3. The second kappa shape index (κ2) is 7.39. The number of hydrogen-bond donors (Lipinski definition) is 0. The van der Waals surface area contributed by atoms with Gasteiger partial charge in [0.25, 0.3) is 0 Å². The van der Waals surface area contributed by atoms with Crippen molar-refractivity contribution in [3.8, 4) is 5.69 Å². The average molecular weight is 364 g/mol. The molecule has 1 saturated carbocycles. The molecule has 134 valence electrons. The number of benzene rings is 1. The molecule has 1 aliphatic rings. The second-order valence-electron chi connectivity index (χ2n) is 6.43. The highest BCUT2D eigenvalue weighted by Crippen LogP contribution is 2.28. The Morgan fingerprint density at radius 1 is 1.28 bits per heavy atom. The largest absolute Gasteiger partial charge is 0.377 e. The van der Waals surface area contributed by atoms with Gasteiger partial charge in [-0.15, -0.1) is 4.68 Å². The van der Waals surface area contributed by atoms with Crippen LogP contribution in [-0.4, -0.2) is 43.3 Å². The summed E-state index contributed by atoms with van der Waals surface area (Å²) in [6, 6.07) is 6.53. The summed E-state index contributed by atoms with van der Waals surface area (Å²) in [6.45, 7) is 4.60. The topological polar surface area (TPSA) is 73.0 Å². The number of amides is 1. The molecule has 2 unspecified atom stereocenters. The lowest BCUT2D eigenvalue weighted by molar-refractivity contribution is 0.128. The Hall–Kier alpha value is -2.15. The normalized spacial score (nSPS) is 20.4. The van der Waals surface area contributed by atoms with Crippen molar-refractivity contribution in [1.29, 1.82) is 0 Å². The van der Waals surface area contributed by atoms with E-state index < -0.39 is 11.7 Å². The van der Waals surface area contributed by atoms with E-state index in [9.17, 15) is 9.59 Å².